The molecule has 0 unspecified atom stereocenters. The lowest BCUT2D eigenvalue weighted by molar-refractivity contribution is 0.915. The first-order chi connectivity index (χ1) is 10.2. The van der Waals surface area contributed by atoms with Crippen LogP contribution in [0, 0.1) is 11.3 Å². The molecule has 0 aliphatic carbocycles. The van der Waals surface area contributed by atoms with E-state index in [9.17, 15) is 0 Å². The minimum absolute atomic E-state index is 0.692. The van der Waals surface area contributed by atoms with Gasteiger partial charge in [0.25, 0.3) is 0 Å². The van der Waals surface area contributed by atoms with E-state index in [2.05, 4.69) is 34.3 Å². The Morgan fingerprint density at radius 2 is 2.14 bits per heavy atom. The first-order valence-corrected chi connectivity index (χ1v) is 7.12. The van der Waals surface area contributed by atoms with Crippen LogP contribution in [0.25, 0.3) is 0 Å². The first-order valence-electron chi connectivity index (χ1n) is 7.12. The molecule has 4 heteroatoms. The Balaban J connectivity index is 2.09. The van der Waals surface area contributed by atoms with E-state index >= 15 is 0 Å². The van der Waals surface area contributed by atoms with Crippen molar-refractivity contribution in [3.05, 3.63) is 53.9 Å². The van der Waals surface area contributed by atoms with Crippen LogP contribution in [0.4, 0.5) is 11.4 Å². The van der Waals surface area contributed by atoms with Crippen LogP contribution in [0.15, 0.2) is 42.7 Å². The molecular formula is C17H20N4. The second kappa shape index (κ2) is 7.30. The van der Waals surface area contributed by atoms with Crippen LogP contribution in [-0.4, -0.2) is 18.6 Å². The molecular weight excluding hydrogens is 260 g/mol. The Morgan fingerprint density at radius 3 is 2.90 bits per heavy atom. The van der Waals surface area contributed by atoms with Crippen molar-refractivity contribution in [1.29, 1.82) is 5.26 Å². The molecule has 1 aromatic heterocycles. The zero-order chi connectivity index (χ0) is 15.1. The van der Waals surface area contributed by atoms with Crippen molar-refractivity contribution in [2.75, 3.05) is 23.8 Å². The highest BCUT2D eigenvalue weighted by Crippen LogP contribution is 2.19. The molecule has 0 bridgehead atoms. The number of pyridine rings is 1. The fraction of sp³-hybridized carbons (Fsp3) is 0.294. The third-order valence-electron chi connectivity index (χ3n) is 3.22. The summed E-state index contributed by atoms with van der Waals surface area (Å²) in [4.78, 5) is 6.40. The van der Waals surface area contributed by atoms with E-state index in [1.165, 1.54) is 0 Å². The van der Waals surface area contributed by atoms with E-state index in [-0.39, 0.29) is 0 Å². The second-order valence-corrected chi connectivity index (χ2v) is 5.03. The largest absolute Gasteiger partial charge is 0.384 e. The zero-order valence-electron chi connectivity index (χ0n) is 12.5. The number of anilines is 2. The van der Waals surface area contributed by atoms with Crippen molar-refractivity contribution in [2.45, 2.75) is 19.9 Å². The van der Waals surface area contributed by atoms with Crippen LogP contribution in [-0.2, 0) is 6.54 Å². The summed E-state index contributed by atoms with van der Waals surface area (Å²) in [5.74, 6) is 0. The standard InChI is InChI=1S/C17H20N4/c1-3-7-20-16-9-17(12-19-11-16)21(2)13-15-6-4-5-14(8-15)10-18/h4-6,8-9,11-12,20H,3,7,13H2,1-2H3. The van der Waals surface area contributed by atoms with E-state index in [0.29, 0.717) is 5.56 Å². The number of hydrogen-bond donors (Lipinski definition) is 1. The lowest BCUT2D eigenvalue weighted by Gasteiger charge is -2.20. The maximum Gasteiger partial charge on any atom is 0.0991 e. The molecule has 0 spiro atoms. The van der Waals surface area contributed by atoms with Crippen molar-refractivity contribution >= 4 is 11.4 Å². The Kier molecular flexibility index (Phi) is 5.16. The molecule has 1 N–H and O–H groups in total. The molecule has 2 aromatic rings. The maximum atomic E-state index is 8.95. The van der Waals surface area contributed by atoms with Gasteiger partial charge in [-0.25, -0.2) is 0 Å². The van der Waals surface area contributed by atoms with E-state index in [1.807, 2.05) is 43.7 Å². The van der Waals surface area contributed by atoms with Crippen LogP contribution >= 0.6 is 0 Å². The van der Waals surface area contributed by atoms with Crippen LogP contribution in [0.1, 0.15) is 24.5 Å². The molecule has 4 nitrogen and oxygen atoms in total. The minimum Gasteiger partial charge on any atom is -0.384 e. The van der Waals surface area contributed by atoms with Gasteiger partial charge in [0, 0.05) is 20.1 Å². The molecule has 0 atom stereocenters. The quantitative estimate of drug-likeness (QED) is 0.881. The van der Waals surface area contributed by atoms with Gasteiger partial charge in [-0.3, -0.25) is 4.98 Å². The number of hydrogen-bond acceptors (Lipinski definition) is 4. The molecule has 0 saturated carbocycles. The lowest BCUT2D eigenvalue weighted by Crippen LogP contribution is -2.17. The van der Waals surface area contributed by atoms with Crippen molar-refractivity contribution in [2.24, 2.45) is 0 Å². The molecule has 108 valence electrons. The summed E-state index contributed by atoms with van der Waals surface area (Å²) in [5, 5.41) is 12.3. The Hall–Kier alpha value is -2.54. The van der Waals surface area contributed by atoms with Crippen LogP contribution in [0.3, 0.4) is 0 Å². The Morgan fingerprint density at radius 1 is 1.29 bits per heavy atom. The summed E-state index contributed by atoms with van der Waals surface area (Å²) in [7, 11) is 2.03. The monoisotopic (exact) mass is 280 g/mol. The number of benzene rings is 1. The summed E-state index contributed by atoms with van der Waals surface area (Å²) in [6.07, 6.45) is 4.77. The van der Waals surface area contributed by atoms with Crippen LogP contribution in [0.5, 0.6) is 0 Å². The lowest BCUT2D eigenvalue weighted by atomic mass is 10.1. The maximum absolute atomic E-state index is 8.95. The van der Waals surface area contributed by atoms with Gasteiger partial charge in [0.15, 0.2) is 0 Å². The number of rotatable bonds is 6. The molecule has 0 fully saturated rings. The summed E-state index contributed by atoms with van der Waals surface area (Å²) in [6, 6.07) is 12.0. The van der Waals surface area contributed by atoms with Gasteiger partial charge in [-0.15, -0.1) is 0 Å². The average Bonchev–Trinajstić information content (AvgIpc) is 2.53. The predicted molar refractivity (Wildman–Crippen MR) is 86.3 cm³/mol. The molecule has 0 aliphatic heterocycles. The normalized spacial score (nSPS) is 9.95. The number of nitrogens with zero attached hydrogens (tertiary/aromatic N) is 3. The molecule has 0 aliphatic rings. The zero-order valence-corrected chi connectivity index (χ0v) is 12.5. The van der Waals surface area contributed by atoms with Gasteiger partial charge in [0.1, 0.15) is 0 Å². The first kappa shape index (κ1) is 14.9. The van der Waals surface area contributed by atoms with Crippen molar-refractivity contribution in [3.8, 4) is 6.07 Å². The van der Waals surface area contributed by atoms with Gasteiger partial charge in [0.05, 0.1) is 35.4 Å². The van der Waals surface area contributed by atoms with Gasteiger partial charge in [0.2, 0.25) is 0 Å². The van der Waals surface area contributed by atoms with Crippen molar-refractivity contribution < 1.29 is 0 Å². The highest BCUT2D eigenvalue weighted by molar-refractivity contribution is 5.55. The number of nitrogens with one attached hydrogen (secondary N) is 1. The van der Waals surface area contributed by atoms with Crippen LogP contribution < -0.4 is 10.2 Å². The number of nitriles is 1. The van der Waals surface area contributed by atoms with Crippen molar-refractivity contribution in [1.82, 2.24) is 4.98 Å². The number of aromatic nitrogens is 1. The Bertz CT molecular complexity index is 631. The fourth-order valence-electron chi connectivity index (χ4n) is 2.11. The molecule has 2 rings (SSSR count). The second-order valence-electron chi connectivity index (χ2n) is 5.03. The highest BCUT2D eigenvalue weighted by atomic mass is 15.1. The molecule has 0 radical (unpaired) electrons. The summed E-state index contributed by atoms with van der Waals surface area (Å²) in [5.41, 5.74) is 3.89. The van der Waals surface area contributed by atoms with Gasteiger partial charge in [-0.05, 0) is 30.2 Å². The predicted octanol–water partition coefficient (Wildman–Crippen LogP) is 3.41. The van der Waals surface area contributed by atoms with Gasteiger partial charge < -0.3 is 10.2 Å². The summed E-state index contributed by atoms with van der Waals surface area (Å²) < 4.78 is 0. The van der Waals surface area contributed by atoms with E-state index in [1.54, 1.807) is 0 Å². The Labute approximate surface area is 126 Å². The smallest absolute Gasteiger partial charge is 0.0991 e. The molecule has 21 heavy (non-hydrogen) atoms. The van der Waals surface area contributed by atoms with E-state index in [0.717, 1.165) is 36.4 Å². The van der Waals surface area contributed by atoms with E-state index < -0.39 is 0 Å². The van der Waals surface area contributed by atoms with Gasteiger partial charge >= 0.3 is 0 Å². The third kappa shape index (κ3) is 4.22. The summed E-state index contributed by atoms with van der Waals surface area (Å²) in [6.45, 7) is 3.83. The van der Waals surface area contributed by atoms with E-state index in [4.69, 9.17) is 5.26 Å². The molecule has 1 heterocycles. The highest BCUT2D eigenvalue weighted by Gasteiger charge is 2.04. The molecule has 0 amide bonds. The molecule has 0 saturated heterocycles. The topological polar surface area (TPSA) is 52.0 Å². The summed E-state index contributed by atoms with van der Waals surface area (Å²) >= 11 is 0. The van der Waals surface area contributed by atoms with Crippen LogP contribution in [0.2, 0.25) is 0 Å². The van der Waals surface area contributed by atoms with Gasteiger partial charge in [-0.2, -0.15) is 5.26 Å². The fourth-order valence-corrected chi connectivity index (χ4v) is 2.11. The average molecular weight is 280 g/mol. The molecule has 1 aromatic carbocycles. The van der Waals surface area contributed by atoms with Gasteiger partial charge in [-0.1, -0.05) is 19.1 Å². The third-order valence-corrected chi connectivity index (χ3v) is 3.22. The minimum atomic E-state index is 0.692. The van der Waals surface area contributed by atoms with Crippen molar-refractivity contribution in [3.63, 3.8) is 0 Å². The SMILES string of the molecule is CCCNc1cncc(N(C)Cc2cccc(C#N)c2)c1.